The van der Waals surface area contributed by atoms with Crippen LogP contribution < -0.4 is 0 Å². The zero-order chi connectivity index (χ0) is 37.9. The number of aliphatic imine (C=N–C) groups is 2. The van der Waals surface area contributed by atoms with Gasteiger partial charge in [-0.15, -0.1) is 0 Å². The van der Waals surface area contributed by atoms with Crippen LogP contribution in [0.15, 0.2) is 70.7 Å². The summed E-state index contributed by atoms with van der Waals surface area (Å²) in [7, 11) is 0. The molecule has 0 aliphatic rings. The Bertz CT molecular complexity index is 1190. The Hall–Kier alpha value is -2.48. The molecule has 0 unspecified atom stereocenters. The van der Waals surface area contributed by atoms with Crippen LogP contribution in [0.4, 0.5) is 11.4 Å². The number of rotatable bonds is 35. The summed E-state index contributed by atoms with van der Waals surface area (Å²) < 4.78 is 0. The normalized spacial score (nSPS) is 12.4. The van der Waals surface area contributed by atoms with Gasteiger partial charge in [-0.3, -0.25) is 4.99 Å². The van der Waals surface area contributed by atoms with Crippen LogP contribution in [-0.4, -0.2) is 11.4 Å². The van der Waals surface area contributed by atoms with Crippen molar-refractivity contribution in [3.05, 3.63) is 71.8 Å². The third-order valence-corrected chi connectivity index (χ3v) is 10.8. The first-order chi connectivity index (χ1) is 26.2. The molecule has 2 rings (SSSR count). The van der Waals surface area contributed by atoms with Gasteiger partial charge in [0.1, 0.15) is 0 Å². The number of unbranched alkanes of at least 4 members (excludes halogenated alkanes) is 24. The van der Waals surface area contributed by atoms with Crippen LogP contribution >= 0.6 is 0 Å². The molecule has 0 aliphatic carbocycles. The maximum absolute atomic E-state index is 5.27. The molecular formula is C51H84N2. The predicted molar refractivity (Wildman–Crippen MR) is 240 cm³/mol. The first-order valence-corrected chi connectivity index (χ1v) is 23.2. The molecule has 0 aromatic heterocycles. The monoisotopic (exact) mass is 725 g/mol. The minimum absolute atomic E-state index is 0.952. The Morgan fingerprint density at radius 3 is 1.17 bits per heavy atom. The molecule has 53 heavy (non-hydrogen) atoms. The van der Waals surface area contributed by atoms with E-state index in [0.29, 0.717) is 0 Å². The van der Waals surface area contributed by atoms with Crippen molar-refractivity contribution < 1.29 is 0 Å². The van der Waals surface area contributed by atoms with Gasteiger partial charge in [-0.25, -0.2) is 4.99 Å². The minimum Gasteiger partial charge on any atom is -0.251 e. The summed E-state index contributed by atoms with van der Waals surface area (Å²) in [5.74, 6) is 0. The first kappa shape index (κ1) is 46.7. The van der Waals surface area contributed by atoms with E-state index in [-0.39, 0.29) is 0 Å². The lowest BCUT2D eigenvalue weighted by Crippen LogP contribution is -2.11. The summed E-state index contributed by atoms with van der Waals surface area (Å²) in [5, 5.41) is 0. The van der Waals surface area contributed by atoms with Gasteiger partial charge in [0, 0.05) is 0 Å². The van der Waals surface area contributed by atoms with Crippen molar-refractivity contribution >= 4 is 22.8 Å². The highest BCUT2D eigenvalue weighted by Gasteiger charge is 2.09. The van der Waals surface area contributed by atoms with Crippen LogP contribution in [0.3, 0.4) is 0 Å². The maximum Gasteiger partial charge on any atom is 0.0848 e. The fourth-order valence-electron chi connectivity index (χ4n) is 7.25. The molecule has 0 amide bonds. The van der Waals surface area contributed by atoms with Crippen molar-refractivity contribution in [2.45, 2.75) is 227 Å². The smallest absolute Gasteiger partial charge is 0.0848 e. The van der Waals surface area contributed by atoms with E-state index < -0.39 is 0 Å². The van der Waals surface area contributed by atoms with Crippen LogP contribution in [-0.2, 0) is 12.8 Å². The van der Waals surface area contributed by atoms with Gasteiger partial charge in [-0.05, 0) is 92.8 Å². The molecule has 2 aromatic rings. The fourth-order valence-corrected chi connectivity index (χ4v) is 7.25. The number of hydrogen-bond donors (Lipinski definition) is 0. The average Bonchev–Trinajstić information content (AvgIpc) is 3.18. The molecule has 298 valence electrons. The van der Waals surface area contributed by atoms with Crippen LogP contribution in [0, 0.1) is 0 Å². The largest absolute Gasteiger partial charge is 0.251 e. The Morgan fingerprint density at radius 2 is 0.755 bits per heavy atom. The first-order valence-electron chi connectivity index (χ1n) is 23.2. The highest BCUT2D eigenvalue weighted by Crippen LogP contribution is 2.21. The number of aryl methyl sites for hydroxylation is 2. The summed E-state index contributed by atoms with van der Waals surface area (Å²) >= 11 is 0. The number of hydrogen-bond acceptors (Lipinski definition) is 2. The number of benzene rings is 2. The maximum atomic E-state index is 5.27. The van der Waals surface area contributed by atoms with Crippen molar-refractivity contribution in [3.8, 4) is 0 Å². The topological polar surface area (TPSA) is 24.7 Å². The van der Waals surface area contributed by atoms with Crippen molar-refractivity contribution in [1.82, 2.24) is 0 Å². The second kappa shape index (κ2) is 34.0. The standard InChI is InChI=1S/C51H84N2/c1-5-9-13-16-19-21-23-26-28-31-34-46-38-42-48(43-39-46)52-50(36-12-8-4)51(37-33-30-25-18-15-11-7-3)53-49-44-40-47(41-45-49)35-32-29-27-24-22-20-17-14-10-6-2/h33,37-45H,5-32,34-36H2,1-4H3. The Labute approximate surface area is 330 Å². The molecule has 0 saturated heterocycles. The highest BCUT2D eigenvalue weighted by molar-refractivity contribution is 6.47. The molecule has 0 heterocycles. The molecule has 2 nitrogen and oxygen atoms in total. The lowest BCUT2D eigenvalue weighted by Gasteiger charge is -2.09. The van der Waals surface area contributed by atoms with E-state index >= 15 is 0 Å². The molecule has 0 N–H and O–H groups in total. The lowest BCUT2D eigenvalue weighted by atomic mass is 10.0. The van der Waals surface area contributed by atoms with Gasteiger partial charge in [0.05, 0.1) is 22.8 Å². The van der Waals surface area contributed by atoms with Gasteiger partial charge in [-0.1, -0.05) is 206 Å². The average molecular weight is 725 g/mol. The van der Waals surface area contributed by atoms with Gasteiger partial charge in [-0.2, -0.15) is 0 Å². The zero-order valence-corrected chi connectivity index (χ0v) is 35.6. The summed E-state index contributed by atoms with van der Waals surface area (Å²) in [5.41, 5.74) is 7.11. The van der Waals surface area contributed by atoms with E-state index in [0.717, 1.165) is 48.5 Å². The van der Waals surface area contributed by atoms with E-state index in [1.807, 2.05) is 0 Å². The quantitative estimate of drug-likeness (QED) is 0.0499. The van der Waals surface area contributed by atoms with E-state index in [4.69, 9.17) is 9.98 Å². The second-order valence-corrected chi connectivity index (χ2v) is 16.0. The summed E-state index contributed by atoms with van der Waals surface area (Å²) in [6.07, 6.45) is 45.6. The van der Waals surface area contributed by atoms with Crippen LogP contribution in [0.5, 0.6) is 0 Å². The van der Waals surface area contributed by atoms with Crippen LogP contribution in [0.2, 0.25) is 0 Å². The van der Waals surface area contributed by atoms with Gasteiger partial charge in [0.25, 0.3) is 0 Å². The van der Waals surface area contributed by atoms with E-state index in [1.54, 1.807) is 0 Å². The molecule has 2 heteroatoms. The Balaban J connectivity index is 2.01. The van der Waals surface area contributed by atoms with Gasteiger partial charge >= 0.3 is 0 Å². The molecule has 0 saturated carbocycles. The van der Waals surface area contributed by atoms with Crippen molar-refractivity contribution in [1.29, 1.82) is 0 Å². The van der Waals surface area contributed by atoms with Gasteiger partial charge in [0.2, 0.25) is 0 Å². The van der Waals surface area contributed by atoms with Crippen LogP contribution in [0.1, 0.15) is 225 Å². The second-order valence-electron chi connectivity index (χ2n) is 16.0. The molecule has 0 spiro atoms. The van der Waals surface area contributed by atoms with E-state index in [1.165, 1.54) is 184 Å². The number of allylic oxidation sites excluding steroid dienone is 2. The molecule has 0 aliphatic heterocycles. The molecular weight excluding hydrogens is 641 g/mol. The van der Waals surface area contributed by atoms with Crippen molar-refractivity contribution in [2.24, 2.45) is 9.98 Å². The van der Waals surface area contributed by atoms with Gasteiger partial charge < -0.3 is 0 Å². The third-order valence-electron chi connectivity index (χ3n) is 10.8. The highest BCUT2D eigenvalue weighted by atomic mass is 14.8. The van der Waals surface area contributed by atoms with E-state index in [2.05, 4.69) is 88.4 Å². The summed E-state index contributed by atoms with van der Waals surface area (Å²) in [6, 6.07) is 18.1. The SMILES string of the molecule is CCCCCCCC=CC(=Nc1ccc(CCCCCCCCCCCC)cc1)C(CCCC)=Nc1ccc(CCCCCCCCCCCC)cc1. The predicted octanol–water partition coefficient (Wildman–Crippen LogP) is 17.6. The van der Waals surface area contributed by atoms with Crippen molar-refractivity contribution in [2.75, 3.05) is 0 Å². The third kappa shape index (κ3) is 25.3. The number of nitrogens with zero attached hydrogens (tertiary/aromatic N) is 2. The zero-order valence-electron chi connectivity index (χ0n) is 35.6. The Morgan fingerprint density at radius 1 is 0.396 bits per heavy atom. The molecule has 0 radical (unpaired) electrons. The van der Waals surface area contributed by atoms with Gasteiger partial charge in [0.15, 0.2) is 0 Å². The molecule has 2 aromatic carbocycles. The summed E-state index contributed by atoms with van der Waals surface area (Å²) in [6.45, 7) is 9.16. The molecule has 0 bridgehead atoms. The minimum atomic E-state index is 0.952. The van der Waals surface area contributed by atoms with Crippen molar-refractivity contribution in [3.63, 3.8) is 0 Å². The molecule has 0 fully saturated rings. The van der Waals surface area contributed by atoms with Crippen LogP contribution in [0.25, 0.3) is 0 Å². The van der Waals surface area contributed by atoms with E-state index in [9.17, 15) is 0 Å². The Kier molecular flexibility index (Phi) is 30.0. The lowest BCUT2D eigenvalue weighted by molar-refractivity contribution is 0.556. The fraction of sp³-hybridized carbons (Fsp3) is 0.686. The summed E-state index contributed by atoms with van der Waals surface area (Å²) in [4.78, 5) is 10.5. The molecule has 0 atom stereocenters.